The summed E-state index contributed by atoms with van der Waals surface area (Å²) in [6.07, 6.45) is 0.933. The largest absolute Gasteiger partial charge is 0.523 e. The van der Waals surface area contributed by atoms with Gasteiger partial charge in [-0.15, -0.1) is 0 Å². The summed E-state index contributed by atoms with van der Waals surface area (Å²) < 4.78 is 73.3. The maximum Gasteiger partial charge on any atom is 0.523 e. The molecule has 0 aromatic heterocycles. The predicted molar refractivity (Wildman–Crippen MR) is 118 cm³/mol. The summed E-state index contributed by atoms with van der Waals surface area (Å²) in [5.74, 6) is -1.57. The van der Waals surface area contributed by atoms with Crippen LogP contribution in [0.2, 0.25) is 18.1 Å². The third-order valence-corrected chi connectivity index (χ3v) is 14.2. The first-order chi connectivity index (χ1) is 14.3. The van der Waals surface area contributed by atoms with E-state index >= 15 is 0 Å². The lowest BCUT2D eigenvalue weighted by Gasteiger charge is -2.49. The van der Waals surface area contributed by atoms with Gasteiger partial charge in [0.15, 0.2) is 8.32 Å². The van der Waals surface area contributed by atoms with E-state index in [1.165, 1.54) is 0 Å². The van der Waals surface area contributed by atoms with E-state index in [9.17, 15) is 26.4 Å². The van der Waals surface area contributed by atoms with Crippen molar-refractivity contribution in [3.8, 4) is 0 Å². The molecule has 7 atom stereocenters. The standard InChI is InChI=1S/C22H35F3O5SSi/c1-12(2)13-9-10-21(6)17-15(13)16(19(21)26)14(11-29-31(27,28)22(23,24)25)18(17)30-32(7,8)20(3,4)5/h13-18H,1,9-11H2,2-8H3/t13-,14+,15-,16-,17-,18+,21-/m0/s1. The van der Waals surface area contributed by atoms with Gasteiger partial charge >= 0.3 is 15.6 Å². The van der Waals surface area contributed by atoms with E-state index in [1.807, 2.05) is 13.8 Å². The van der Waals surface area contributed by atoms with Gasteiger partial charge in [0.05, 0.1) is 12.7 Å². The zero-order valence-corrected chi connectivity index (χ0v) is 21.7. The van der Waals surface area contributed by atoms with Crippen LogP contribution in [0, 0.1) is 35.0 Å². The van der Waals surface area contributed by atoms with Gasteiger partial charge in [0.2, 0.25) is 0 Å². The van der Waals surface area contributed by atoms with Crippen LogP contribution in [0.5, 0.6) is 0 Å². The molecule has 32 heavy (non-hydrogen) atoms. The number of hydrogen-bond donors (Lipinski definition) is 0. The number of carbonyl (C=O) groups is 1. The van der Waals surface area contributed by atoms with E-state index in [1.54, 1.807) is 0 Å². The molecule has 3 aliphatic rings. The summed E-state index contributed by atoms with van der Waals surface area (Å²) in [5.41, 5.74) is -5.18. The van der Waals surface area contributed by atoms with Crippen LogP contribution >= 0.6 is 0 Å². The lowest BCUT2D eigenvalue weighted by Crippen LogP contribution is -2.54. The fourth-order valence-electron chi connectivity index (χ4n) is 6.02. The van der Waals surface area contributed by atoms with E-state index in [0.717, 1.165) is 12.0 Å². The van der Waals surface area contributed by atoms with Gasteiger partial charge in [0.25, 0.3) is 0 Å². The van der Waals surface area contributed by atoms with Crippen molar-refractivity contribution >= 4 is 24.2 Å². The second-order valence-electron chi connectivity index (χ2n) is 11.6. The number of allylic oxidation sites excluding steroid dienone is 1. The molecular formula is C22H35F3O5SSi. The van der Waals surface area contributed by atoms with Gasteiger partial charge in [-0.05, 0) is 49.7 Å². The molecule has 0 spiro atoms. The van der Waals surface area contributed by atoms with Crippen LogP contribution in [0.15, 0.2) is 12.2 Å². The molecule has 3 saturated carbocycles. The molecule has 3 aliphatic carbocycles. The zero-order valence-electron chi connectivity index (χ0n) is 19.9. The molecule has 3 rings (SSSR count). The van der Waals surface area contributed by atoms with Crippen LogP contribution in [0.3, 0.4) is 0 Å². The van der Waals surface area contributed by atoms with E-state index in [2.05, 4.69) is 44.6 Å². The fourth-order valence-corrected chi connectivity index (χ4v) is 7.85. The van der Waals surface area contributed by atoms with Gasteiger partial charge < -0.3 is 4.43 Å². The van der Waals surface area contributed by atoms with Gasteiger partial charge in [-0.3, -0.25) is 8.98 Å². The van der Waals surface area contributed by atoms with Crippen LogP contribution in [0.1, 0.15) is 47.5 Å². The molecule has 0 N–H and O–H groups in total. The molecule has 0 amide bonds. The molecule has 0 unspecified atom stereocenters. The highest BCUT2D eigenvalue weighted by Crippen LogP contribution is 2.68. The Morgan fingerprint density at radius 1 is 1.25 bits per heavy atom. The summed E-state index contributed by atoms with van der Waals surface area (Å²) in [6, 6.07) is 0. The Labute approximate surface area is 190 Å². The lowest BCUT2D eigenvalue weighted by molar-refractivity contribution is -0.140. The minimum atomic E-state index is -5.76. The Kier molecular flexibility index (Phi) is 6.19. The highest BCUT2D eigenvalue weighted by molar-refractivity contribution is 7.87. The van der Waals surface area contributed by atoms with Crippen LogP contribution in [0.25, 0.3) is 0 Å². The number of halogens is 3. The molecule has 10 heteroatoms. The molecule has 0 saturated heterocycles. The Balaban J connectivity index is 2.03. The van der Waals surface area contributed by atoms with Crippen molar-refractivity contribution < 1.29 is 35.0 Å². The number of rotatable bonds is 6. The van der Waals surface area contributed by atoms with Gasteiger partial charge in [0, 0.05) is 23.2 Å². The summed E-state index contributed by atoms with van der Waals surface area (Å²) in [7, 11) is -8.13. The highest BCUT2D eigenvalue weighted by Gasteiger charge is 2.73. The number of alkyl halides is 3. The van der Waals surface area contributed by atoms with Crippen LogP contribution in [0.4, 0.5) is 13.2 Å². The molecule has 0 aromatic rings. The highest BCUT2D eigenvalue weighted by atomic mass is 32.2. The molecule has 5 nitrogen and oxygen atoms in total. The molecule has 3 fully saturated rings. The average molecular weight is 497 g/mol. The number of ketones is 1. The molecule has 0 heterocycles. The van der Waals surface area contributed by atoms with Crippen LogP contribution in [-0.2, 0) is 23.5 Å². The monoisotopic (exact) mass is 496 g/mol. The average Bonchev–Trinajstić information content (AvgIpc) is 2.97. The Morgan fingerprint density at radius 2 is 1.81 bits per heavy atom. The van der Waals surface area contributed by atoms with Gasteiger partial charge in [0.1, 0.15) is 5.78 Å². The third-order valence-electron chi connectivity index (χ3n) is 8.68. The van der Waals surface area contributed by atoms with Gasteiger partial charge in [-0.25, -0.2) is 0 Å². The molecule has 0 radical (unpaired) electrons. The Morgan fingerprint density at radius 3 is 2.28 bits per heavy atom. The maximum absolute atomic E-state index is 13.5. The third kappa shape index (κ3) is 3.82. The molecule has 0 aromatic carbocycles. The minimum Gasteiger partial charge on any atom is -0.413 e. The smallest absolute Gasteiger partial charge is 0.413 e. The first-order valence-corrected chi connectivity index (χ1v) is 15.4. The van der Waals surface area contributed by atoms with E-state index < -0.39 is 53.9 Å². The molecule has 4 bridgehead atoms. The Hall–Kier alpha value is -0.713. The van der Waals surface area contributed by atoms with Crippen molar-refractivity contribution in [3.63, 3.8) is 0 Å². The minimum absolute atomic E-state index is 0.00402. The zero-order chi connectivity index (χ0) is 24.7. The summed E-state index contributed by atoms with van der Waals surface area (Å²) in [6.45, 7) is 17.6. The predicted octanol–water partition coefficient (Wildman–Crippen LogP) is 5.30. The molecule has 184 valence electrons. The normalized spacial score (nSPS) is 37.8. The summed E-state index contributed by atoms with van der Waals surface area (Å²) in [5, 5.41) is -0.161. The van der Waals surface area contributed by atoms with E-state index in [4.69, 9.17) is 4.43 Å². The second kappa shape index (κ2) is 7.65. The van der Waals surface area contributed by atoms with Crippen molar-refractivity contribution in [2.24, 2.45) is 35.0 Å². The van der Waals surface area contributed by atoms with E-state index in [-0.39, 0.29) is 28.6 Å². The molecular weight excluding hydrogens is 461 g/mol. The van der Waals surface area contributed by atoms with Crippen molar-refractivity contribution in [1.82, 2.24) is 0 Å². The van der Waals surface area contributed by atoms with Crippen molar-refractivity contribution in [1.29, 1.82) is 0 Å². The van der Waals surface area contributed by atoms with Crippen LogP contribution < -0.4 is 0 Å². The van der Waals surface area contributed by atoms with Crippen molar-refractivity contribution in [2.75, 3.05) is 6.61 Å². The van der Waals surface area contributed by atoms with Crippen LogP contribution in [-0.4, -0.2) is 40.7 Å². The topological polar surface area (TPSA) is 69.7 Å². The maximum atomic E-state index is 13.5. The van der Waals surface area contributed by atoms with Gasteiger partial charge in [-0.2, -0.15) is 21.6 Å². The van der Waals surface area contributed by atoms with Crippen molar-refractivity contribution in [3.05, 3.63) is 12.2 Å². The first-order valence-electron chi connectivity index (χ1n) is 11.1. The van der Waals surface area contributed by atoms with Gasteiger partial charge in [-0.1, -0.05) is 39.8 Å². The quantitative estimate of drug-likeness (QED) is 0.216. The van der Waals surface area contributed by atoms with E-state index in [0.29, 0.717) is 6.42 Å². The number of carbonyl (C=O) groups excluding carboxylic acids is 1. The molecule has 0 aliphatic heterocycles. The Bertz CT molecular complexity index is 908. The SMILES string of the molecule is C=C(C)[C@@H]1CC[C@]2(C)C(=O)[C@H]3[C@@H](COS(=O)(=O)C(F)(F)F)[C@@H](O[Si](C)(C)C(C)(C)C)[C@@H]2[C@H]31. The second-order valence-corrected chi connectivity index (χ2v) is 18.0. The fraction of sp³-hybridized carbons (Fsp3) is 0.864. The summed E-state index contributed by atoms with van der Waals surface area (Å²) in [4.78, 5) is 13.5. The first kappa shape index (κ1) is 25.9. The van der Waals surface area contributed by atoms with Crippen molar-refractivity contribution in [2.45, 2.75) is 77.2 Å². The number of hydrogen-bond acceptors (Lipinski definition) is 5. The lowest BCUT2D eigenvalue weighted by atomic mass is 9.61. The number of Topliss-reactive ketones (excluding diaryl/α,β-unsaturated/α-hetero) is 1. The summed E-state index contributed by atoms with van der Waals surface area (Å²) >= 11 is 0.